The molecule has 4 bridgehead atoms. The van der Waals surface area contributed by atoms with Gasteiger partial charge in [-0.15, -0.1) is 0 Å². The summed E-state index contributed by atoms with van der Waals surface area (Å²) in [5, 5.41) is 6.57. The highest BCUT2D eigenvalue weighted by Gasteiger charge is 2.52. The molecule has 4 saturated carbocycles. The van der Waals surface area contributed by atoms with E-state index in [4.69, 9.17) is 4.74 Å². The zero-order valence-corrected chi connectivity index (χ0v) is 19.7. The molecule has 0 spiro atoms. The molecule has 7 heteroatoms. The molecule has 1 aliphatic heterocycles. The molecule has 0 radical (unpaired) electrons. The van der Waals surface area contributed by atoms with Gasteiger partial charge in [0.1, 0.15) is 5.66 Å². The van der Waals surface area contributed by atoms with Crippen LogP contribution in [0.15, 0.2) is 24.3 Å². The average molecular weight is 454 g/mol. The Morgan fingerprint density at radius 1 is 0.909 bits per heavy atom. The minimum atomic E-state index is -0.747. The number of piperidine rings is 1. The Kier molecular flexibility index (Phi) is 5.61. The van der Waals surface area contributed by atoms with Gasteiger partial charge < -0.3 is 20.3 Å². The molecular formula is C26H35N3O4. The Balaban J connectivity index is 1.28. The highest BCUT2D eigenvalue weighted by Crippen LogP contribution is 2.55. The number of hydrogen-bond donors (Lipinski definition) is 2. The second-order valence-electron chi connectivity index (χ2n) is 11.0. The molecule has 4 aliphatic carbocycles. The van der Waals surface area contributed by atoms with Crippen LogP contribution in [0.25, 0.3) is 0 Å². The third-order valence-corrected chi connectivity index (χ3v) is 8.49. The Labute approximate surface area is 195 Å². The second-order valence-corrected chi connectivity index (χ2v) is 11.0. The molecule has 5 aliphatic rings. The van der Waals surface area contributed by atoms with E-state index >= 15 is 0 Å². The summed E-state index contributed by atoms with van der Waals surface area (Å²) in [4.78, 5) is 40.1. The van der Waals surface area contributed by atoms with Crippen molar-refractivity contribution in [1.82, 2.24) is 15.5 Å². The van der Waals surface area contributed by atoms with Gasteiger partial charge in [0.15, 0.2) is 0 Å². The summed E-state index contributed by atoms with van der Waals surface area (Å²) in [6.45, 7) is 2.54. The molecule has 1 saturated heterocycles. The summed E-state index contributed by atoms with van der Waals surface area (Å²) in [5.74, 6) is 1.71. The van der Waals surface area contributed by atoms with E-state index in [2.05, 4.69) is 10.6 Å². The number of methoxy groups -OCH3 is 1. The first-order chi connectivity index (χ1) is 15.8. The zero-order chi connectivity index (χ0) is 23.2. The predicted octanol–water partition coefficient (Wildman–Crippen LogP) is 4.08. The lowest BCUT2D eigenvalue weighted by molar-refractivity contribution is -0.0156. The Morgan fingerprint density at radius 2 is 1.48 bits per heavy atom. The number of benzene rings is 1. The van der Waals surface area contributed by atoms with Gasteiger partial charge in [-0.2, -0.15) is 0 Å². The van der Waals surface area contributed by atoms with Crippen LogP contribution in [0.3, 0.4) is 0 Å². The first-order valence-electron chi connectivity index (χ1n) is 12.4. The SMILES string of the molecule is COC(=O)c1ccc(C(=O)N2CCCCC2(C)NC(=O)NC23CC4CC(CC(C4)C2)C3)cc1. The monoisotopic (exact) mass is 453 g/mol. The van der Waals surface area contributed by atoms with Gasteiger partial charge in [0.05, 0.1) is 12.7 Å². The number of esters is 1. The number of carbonyl (C=O) groups excluding carboxylic acids is 3. The van der Waals surface area contributed by atoms with Crippen molar-refractivity contribution >= 4 is 17.9 Å². The lowest BCUT2D eigenvalue weighted by Gasteiger charge is -2.57. The molecule has 1 aromatic rings. The number of hydrogen-bond acceptors (Lipinski definition) is 4. The van der Waals surface area contributed by atoms with Crippen molar-refractivity contribution in [3.8, 4) is 0 Å². The molecule has 178 valence electrons. The van der Waals surface area contributed by atoms with Gasteiger partial charge in [0.2, 0.25) is 0 Å². The van der Waals surface area contributed by atoms with Crippen LogP contribution in [-0.4, -0.2) is 47.7 Å². The fraction of sp³-hybridized carbons (Fsp3) is 0.654. The van der Waals surface area contributed by atoms with Gasteiger partial charge in [-0.05, 0) is 107 Å². The molecule has 3 amide bonds. The number of nitrogens with one attached hydrogen (secondary N) is 2. The molecule has 0 aromatic heterocycles. The largest absolute Gasteiger partial charge is 0.465 e. The third-order valence-electron chi connectivity index (χ3n) is 8.49. The minimum Gasteiger partial charge on any atom is -0.465 e. The van der Waals surface area contributed by atoms with Crippen molar-refractivity contribution in [3.63, 3.8) is 0 Å². The lowest BCUT2D eigenvalue weighted by atomic mass is 9.53. The van der Waals surface area contributed by atoms with E-state index < -0.39 is 11.6 Å². The smallest absolute Gasteiger partial charge is 0.337 e. The fourth-order valence-electron chi connectivity index (χ4n) is 7.38. The summed E-state index contributed by atoms with van der Waals surface area (Å²) < 4.78 is 4.74. The van der Waals surface area contributed by atoms with E-state index in [-0.39, 0.29) is 17.5 Å². The van der Waals surface area contributed by atoms with Crippen LogP contribution in [0.1, 0.15) is 85.4 Å². The summed E-state index contributed by atoms with van der Waals surface area (Å²) >= 11 is 0. The van der Waals surface area contributed by atoms with Crippen molar-refractivity contribution in [1.29, 1.82) is 0 Å². The van der Waals surface area contributed by atoms with Crippen LogP contribution in [0.5, 0.6) is 0 Å². The van der Waals surface area contributed by atoms with Gasteiger partial charge in [0.25, 0.3) is 5.91 Å². The Hall–Kier alpha value is -2.57. The van der Waals surface area contributed by atoms with Crippen molar-refractivity contribution in [2.24, 2.45) is 17.8 Å². The number of rotatable bonds is 4. The topological polar surface area (TPSA) is 87.7 Å². The maximum atomic E-state index is 13.4. The van der Waals surface area contributed by atoms with Gasteiger partial charge in [-0.25, -0.2) is 9.59 Å². The number of nitrogens with zero attached hydrogens (tertiary/aromatic N) is 1. The maximum absolute atomic E-state index is 13.4. The highest BCUT2D eigenvalue weighted by molar-refractivity contribution is 5.97. The average Bonchev–Trinajstić information content (AvgIpc) is 2.77. The highest BCUT2D eigenvalue weighted by atomic mass is 16.5. The molecule has 1 aromatic carbocycles. The summed E-state index contributed by atoms with van der Waals surface area (Å²) in [6, 6.07) is 6.36. The van der Waals surface area contributed by atoms with E-state index in [1.807, 2.05) is 6.92 Å². The van der Waals surface area contributed by atoms with E-state index in [1.165, 1.54) is 26.4 Å². The number of carbonyl (C=O) groups is 3. The molecular weight excluding hydrogens is 418 g/mol. The number of likely N-dealkylation sites (tertiary alicyclic amines) is 1. The van der Waals surface area contributed by atoms with E-state index in [0.29, 0.717) is 24.1 Å². The molecule has 6 rings (SSSR count). The van der Waals surface area contributed by atoms with Gasteiger partial charge in [-0.1, -0.05) is 0 Å². The fourth-order valence-corrected chi connectivity index (χ4v) is 7.38. The maximum Gasteiger partial charge on any atom is 0.337 e. The third kappa shape index (κ3) is 4.22. The second kappa shape index (κ2) is 8.33. The van der Waals surface area contributed by atoms with Crippen molar-refractivity contribution in [2.75, 3.05) is 13.7 Å². The summed E-state index contributed by atoms with van der Waals surface area (Å²) in [7, 11) is 1.33. The normalized spacial score (nSPS) is 34.6. The van der Waals surface area contributed by atoms with Crippen molar-refractivity contribution < 1.29 is 19.1 Å². The van der Waals surface area contributed by atoms with Gasteiger partial charge >= 0.3 is 12.0 Å². The van der Waals surface area contributed by atoms with Crippen LogP contribution in [0.2, 0.25) is 0 Å². The van der Waals surface area contributed by atoms with Crippen molar-refractivity contribution in [2.45, 2.75) is 75.9 Å². The van der Waals surface area contributed by atoms with Gasteiger partial charge in [0, 0.05) is 17.6 Å². The minimum absolute atomic E-state index is 0.0670. The van der Waals surface area contributed by atoms with Crippen LogP contribution in [0.4, 0.5) is 4.79 Å². The standard InChI is InChI=1S/C26H35N3O4/c1-25(27-24(32)28-26-14-17-11-18(15-26)13-19(12-17)16-26)9-3-4-10-29(25)22(30)20-5-7-21(8-6-20)23(31)33-2/h5-8,17-19H,3-4,9-16H2,1-2H3,(H2,27,28,32). The Bertz CT molecular complexity index is 908. The van der Waals surface area contributed by atoms with E-state index in [9.17, 15) is 14.4 Å². The summed E-state index contributed by atoms with van der Waals surface area (Å²) in [6.07, 6.45) is 9.85. The lowest BCUT2D eigenvalue weighted by Crippen LogP contribution is -2.67. The van der Waals surface area contributed by atoms with E-state index in [0.717, 1.165) is 49.9 Å². The predicted molar refractivity (Wildman–Crippen MR) is 124 cm³/mol. The van der Waals surface area contributed by atoms with E-state index in [1.54, 1.807) is 29.2 Å². The molecule has 1 heterocycles. The number of urea groups is 1. The molecule has 7 nitrogen and oxygen atoms in total. The van der Waals surface area contributed by atoms with Crippen LogP contribution < -0.4 is 10.6 Å². The van der Waals surface area contributed by atoms with Crippen LogP contribution in [-0.2, 0) is 4.74 Å². The van der Waals surface area contributed by atoms with Gasteiger partial charge in [-0.3, -0.25) is 4.79 Å². The summed E-state index contributed by atoms with van der Waals surface area (Å²) in [5.41, 5.74) is 0.0908. The van der Waals surface area contributed by atoms with Crippen LogP contribution >= 0.6 is 0 Å². The molecule has 1 unspecified atom stereocenters. The zero-order valence-electron chi connectivity index (χ0n) is 19.7. The molecule has 2 N–H and O–H groups in total. The molecule has 5 fully saturated rings. The quantitative estimate of drug-likeness (QED) is 0.673. The molecule has 33 heavy (non-hydrogen) atoms. The van der Waals surface area contributed by atoms with Crippen LogP contribution in [0, 0.1) is 17.8 Å². The number of amides is 3. The first kappa shape index (κ1) is 22.2. The number of ether oxygens (including phenoxy) is 1. The van der Waals surface area contributed by atoms with Crippen molar-refractivity contribution in [3.05, 3.63) is 35.4 Å². The first-order valence-corrected chi connectivity index (χ1v) is 12.4. The molecule has 1 atom stereocenters. The Morgan fingerprint density at radius 3 is 2.06 bits per heavy atom.